The lowest BCUT2D eigenvalue weighted by Crippen LogP contribution is -2.43. The van der Waals surface area contributed by atoms with E-state index in [1.54, 1.807) is 0 Å². The molecule has 208 valence electrons. The van der Waals surface area contributed by atoms with Crippen LogP contribution in [0.2, 0.25) is 0 Å². The molecule has 0 spiro atoms. The van der Waals surface area contributed by atoms with Gasteiger partial charge < -0.3 is 14.0 Å². The maximum Gasteiger partial charge on any atom is 0.494 e. The van der Waals surface area contributed by atoms with Gasteiger partial charge >= 0.3 is 13.2 Å². The Morgan fingerprint density at radius 1 is 0.950 bits per heavy atom. The fraction of sp³-hybridized carbons (Fsp3) is 0.455. The first-order valence-electron chi connectivity index (χ1n) is 14.4. The largest absolute Gasteiger partial charge is 0.494 e. The van der Waals surface area contributed by atoms with Crippen molar-refractivity contribution in [2.24, 2.45) is 4.99 Å². The Kier molecular flexibility index (Phi) is 6.39. The van der Waals surface area contributed by atoms with Gasteiger partial charge in [0.15, 0.2) is 0 Å². The van der Waals surface area contributed by atoms with Crippen molar-refractivity contribution in [3.8, 4) is 11.1 Å². The lowest BCUT2D eigenvalue weighted by molar-refractivity contribution is 0.00578. The lowest BCUT2D eigenvalue weighted by atomic mass is 9.78. The molecule has 0 radical (unpaired) electrons. The van der Waals surface area contributed by atoms with Gasteiger partial charge in [-0.2, -0.15) is 0 Å². The van der Waals surface area contributed by atoms with Gasteiger partial charge in [0.05, 0.1) is 22.9 Å². The summed E-state index contributed by atoms with van der Waals surface area (Å²) in [5.41, 5.74) is 5.41. The number of amides is 1. The summed E-state index contributed by atoms with van der Waals surface area (Å²) in [7, 11) is -0.369. The van der Waals surface area contributed by atoms with Crippen LogP contribution in [0.25, 0.3) is 21.9 Å². The first-order chi connectivity index (χ1) is 18.8. The Morgan fingerprint density at radius 2 is 1.60 bits per heavy atom. The predicted molar refractivity (Wildman–Crippen MR) is 162 cm³/mol. The summed E-state index contributed by atoms with van der Waals surface area (Å²) in [6.07, 6.45) is 2.42. The molecule has 1 atom stereocenters. The first-order valence-corrected chi connectivity index (χ1v) is 14.4. The van der Waals surface area contributed by atoms with E-state index in [1.165, 1.54) is 22.1 Å². The summed E-state index contributed by atoms with van der Waals surface area (Å²) in [5.74, 6) is 0. The zero-order valence-electron chi connectivity index (χ0n) is 24.7. The van der Waals surface area contributed by atoms with Gasteiger partial charge in [-0.25, -0.2) is 4.79 Å². The second-order valence-electron chi connectivity index (χ2n) is 13.4. The van der Waals surface area contributed by atoms with Gasteiger partial charge in [-0.05, 0) is 112 Å². The molecule has 1 amide bonds. The summed E-state index contributed by atoms with van der Waals surface area (Å²) in [6, 6.07) is 19.5. The lowest BCUT2D eigenvalue weighted by Gasteiger charge is -2.32. The van der Waals surface area contributed by atoms with Crippen LogP contribution < -0.4 is 5.46 Å². The third-order valence-corrected chi connectivity index (χ3v) is 8.70. The molecule has 0 saturated carbocycles. The number of fused-ring (bicyclic) bond motifs is 2. The number of nitrogens with zero attached hydrogens (tertiary/aromatic N) is 2. The standard InChI is InChI=1S/C33H39BN2O4/c1-31(2,3)38-30(37)36-16-8-9-29(36)28-20-25-18-23(13-15-27(25)35-28)21-10-11-24-19-26(14-12-22(24)17-21)34-39-32(4,5)33(6,7)40-34/h10-15,17-19,29H,8-9,16,20H2,1-7H3/t29-/m0/s1. The SMILES string of the molecule is CC(C)(C)OC(=O)N1CCC[C@H]1C1=Nc2ccc(-c3ccc4cc(B5OC(C)(C)C(C)(C)O5)ccc4c3)cc2C1. The van der Waals surface area contributed by atoms with E-state index in [4.69, 9.17) is 19.0 Å². The number of rotatable bonds is 3. The van der Waals surface area contributed by atoms with Crippen molar-refractivity contribution in [2.45, 2.75) is 90.6 Å². The predicted octanol–water partition coefficient (Wildman–Crippen LogP) is 6.83. The van der Waals surface area contributed by atoms with E-state index in [1.807, 2.05) is 25.7 Å². The first kappa shape index (κ1) is 27.0. The smallest absolute Gasteiger partial charge is 0.444 e. The fourth-order valence-electron chi connectivity index (χ4n) is 5.82. The monoisotopic (exact) mass is 538 g/mol. The van der Waals surface area contributed by atoms with E-state index >= 15 is 0 Å². The van der Waals surface area contributed by atoms with Gasteiger partial charge in [0, 0.05) is 18.7 Å². The van der Waals surface area contributed by atoms with Crippen molar-refractivity contribution in [1.82, 2.24) is 4.90 Å². The molecule has 3 aliphatic rings. The third-order valence-electron chi connectivity index (χ3n) is 8.70. The maximum atomic E-state index is 12.8. The zero-order chi connectivity index (χ0) is 28.4. The molecule has 3 aliphatic heterocycles. The molecule has 0 unspecified atom stereocenters. The van der Waals surface area contributed by atoms with Crippen LogP contribution >= 0.6 is 0 Å². The Balaban J connectivity index is 1.19. The minimum absolute atomic E-state index is 0.00420. The van der Waals surface area contributed by atoms with Crippen LogP contribution in [-0.4, -0.2) is 53.2 Å². The van der Waals surface area contributed by atoms with E-state index in [0.717, 1.165) is 41.5 Å². The number of carbonyl (C=O) groups excluding carboxylic acids is 1. The van der Waals surface area contributed by atoms with Gasteiger partial charge in [-0.1, -0.05) is 36.4 Å². The molecule has 0 bridgehead atoms. The van der Waals surface area contributed by atoms with Crippen LogP contribution in [0.5, 0.6) is 0 Å². The third kappa shape index (κ3) is 4.94. The van der Waals surface area contributed by atoms with Crippen molar-refractivity contribution >= 4 is 40.8 Å². The van der Waals surface area contributed by atoms with Gasteiger partial charge in [-0.15, -0.1) is 0 Å². The molecule has 7 heteroatoms. The van der Waals surface area contributed by atoms with Crippen molar-refractivity contribution < 1.29 is 18.8 Å². The zero-order valence-corrected chi connectivity index (χ0v) is 24.7. The highest BCUT2D eigenvalue weighted by Crippen LogP contribution is 2.38. The molecule has 6 rings (SSSR count). The molecule has 2 fully saturated rings. The molecule has 40 heavy (non-hydrogen) atoms. The summed E-state index contributed by atoms with van der Waals surface area (Å²) >= 11 is 0. The van der Waals surface area contributed by atoms with Crippen LogP contribution in [0, 0.1) is 0 Å². The number of hydrogen-bond donors (Lipinski definition) is 0. The van der Waals surface area contributed by atoms with Gasteiger partial charge in [0.1, 0.15) is 5.60 Å². The number of aliphatic imine (C=N–C) groups is 1. The van der Waals surface area contributed by atoms with Crippen molar-refractivity contribution in [2.75, 3.05) is 6.54 Å². The Morgan fingerprint density at radius 3 is 2.33 bits per heavy atom. The number of likely N-dealkylation sites (tertiary alicyclic amines) is 1. The van der Waals surface area contributed by atoms with Gasteiger partial charge in [0.25, 0.3) is 0 Å². The average Bonchev–Trinajstić information content (AvgIpc) is 3.57. The second kappa shape index (κ2) is 9.46. The maximum absolute atomic E-state index is 12.8. The Bertz CT molecular complexity index is 1500. The van der Waals surface area contributed by atoms with Crippen molar-refractivity contribution in [1.29, 1.82) is 0 Å². The topological polar surface area (TPSA) is 60.4 Å². The number of ether oxygens (including phenoxy) is 1. The minimum Gasteiger partial charge on any atom is -0.444 e. The fourth-order valence-corrected chi connectivity index (χ4v) is 5.82. The molecule has 6 nitrogen and oxygen atoms in total. The quantitative estimate of drug-likeness (QED) is 0.343. The number of hydrogen-bond acceptors (Lipinski definition) is 5. The van der Waals surface area contributed by atoms with E-state index in [-0.39, 0.29) is 30.5 Å². The van der Waals surface area contributed by atoms with Crippen molar-refractivity contribution in [3.63, 3.8) is 0 Å². The number of carbonyl (C=O) groups is 1. The molecule has 0 aliphatic carbocycles. The number of benzene rings is 3. The van der Waals surface area contributed by atoms with Crippen molar-refractivity contribution in [3.05, 3.63) is 60.2 Å². The molecule has 3 aromatic rings. The van der Waals surface area contributed by atoms with Gasteiger partial charge in [0.2, 0.25) is 0 Å². The van der Waals surface area contributed by atoms with Gasteiger partial charge in [-0.3, -0.25) is 9.89 Å². The van der Waals surface area contributed by atoms with Crippen LogP contribution in [0.3, 0.4) is 0 Å². The van der Waals surface area contributed by atoms with E-state index in [2.05, 4.69) is 82.3 Å². The highest BCUT2D eigenvalue weighted by Gasteiger charge is 2.51. The molecule has 0 N–H and O–H groups in total. The highest BCUT2D eigenvalue weighted by atomic mass is 16.7. The molecule has 2 saturated heterocycles. The van der Waals surface area contributed by atoms with Crippen LogP contribution in [-0.2, 0) is 20.5 Å². The normalized spacial score (nSPS) is 21.6. The average molecular weight is 538 g/mol. The Hall–Kier alpha value is -3.16. The highest BCUT2D eigenvalue weighted by molar-refractivity contribution is 6.62. The Labute approximate surface area is 237 Å². The van der Waals surface area contributed by atoms with E-state index < -0.39 is 5.60 Å². The van der Waals surface area contributed by atoms with E-state index in [9.17, 15) is 4.79 Å². The second-order valence-corrected chi connectivity index (χ2v) is 13.4. The summed E-state index contributed by atoms with van der Waals surface area (Å²) in [6.45, 7) is 14.8. The molecule has 0 aromatic heterocycles. The summed E-state index contributed by atoms with van der Waals surface area (Å²) in [4.78, 5) is 19.7. The van der Waals surface area contributed by atoms with Crippen LogP contribution in [0.4, 0.5) is 10.5 Å². The van der Waals surface area contributed by atoms with E-state index in [0.29, 0.717) is 6.54 Å². The minimum atomic E-state index is -0.507. The van der Waals surface area contributed by atoms with Crippen LogP contribution in [0.1, 0.15) is 66.9 Å². The van der Waals surface area contributed by atoms with Crippen LogP contribution in [0.15, 0.2) is 59.6 Å². The summed E-state index contributed by atoms with van der Waals surface area (Å²) in [5, 5.41) is 2.33. The molecule has 3 heterocycles. The summed E-state index contributed by atoms with van der Waals surface area (Å²) < 4.78 is 18.2. The molecule has 3 aromatic carbocycles. The molecular weight excluding hydrogens is 499 g/mol. The molecular formula is C33H39BN2O4.